The molecule has 3 nitrogen and oxygen atoms in total. The third-order valence-corrected chi connectivity index (χ3v) is 3.40. The van der Waals surface area contributed by atoms with Crippen molar-refractivity contribution in [2.24, 2.45) is 0 Å². The van der Waals surface area contributed by atoms with E-state index in [4.69, 9.17) is 16.3 Å². The minimum Gasteiger partial charge on any atom is -0.460 e. The molecule has 1 aliphatic heterocycles. The van der Waals surface area contributed by atoms with Gasteiger partial charge in [-0.25, -0.2) is 0 Å². The van der Waals surface area contributed by atoms with E-state index in [1.807, 2.05) is 30.3 Å². The number of hydrogen-bond acceptors (Lipinski definition) is 3. The van der Waals surface area contributed by atoms with Gasteiger partial charge in [-0.15, -0.1) is 11.6 Å². The zero-order valence-corrected chi connectivity index (χ0v) is 11.1. The molecule has 2 rings (SSSR count). The number of nitrogens with zero attached hydrogens (tertiary/aromatic N) is 1. The van der Waals surface area contributed by atoms with Gasteiger partial charge in [0.2, 0.25) is 0 Å². The van der Waals surface area contributed by atoms with Crippen molar-refractivity contribution in [1.82, 2.24) is 4.90 Å². The largest absolute Gasteiger partial charge is 0.460 e. The van der Waals surface area contributed by atoms with Gasteiger partial charge in [0.1, 0.15) is 12.6 Å². The van der Waals surface area contributed by atoms with Crippen LogP contribution in [-0.2, 0) is 16.1 Å². The molecule has 1 heterocycles. The molecule has 1 aromatic carbocycles. The molecule has 1 fully saturated rings. The maximum Gasteiger partial charge on any atom is 0.323 e. The quantitative estimate of drug-likeness (QED) is 0.606. The fraction of sp³-hybridized carbons (Fsp3) is 0.500. The van der Waals surface area contributed by atoms with Crippen LogP contribution in [0, 0.1) is 0 Å². The Hall–Kier alpha value is -1.06. The predicted octanol–water partition coefficient (Wildman–Crippen LogP) is 2.43. The lowest BCUT2D eigenvalue weighted by molar-refractivity contribution is -0.150. The normalized spacial score (nSPS) is 19.9. The Morgan fingerprint density at radius 3 is 2.89 bits per heavy atom. The van der Waals surface area contributed by atoms with Gasteiger partial charge in [0.05, 0.1) is 0 Å². The third-order valence-electron chi connectivity index (χ3n) is 3.23. The highest BCUT2D eigenvalue weighted by Gasteiger charge is 2.31. The number of rotatable bonds is 5. The standard InChI is InChI=1S/C14H18ClNO2/c15-8-10-16-9-4-7-13(16)14(17)18-11-12-5-2-1-3-6-12/h1-3,5-6,13H,4,7-11H2/t13-/m0/s1. The molecule has 4 heteroatoms. The Balaban J connectivity index is 1.84. The highest BCUT2D eigenvalue weighted by Crippen LogP contribution is 2.18. The number of halogens is 1. The lowest BCUT2D eigenvalue weighted by Gasteiger charge is -2.21. The minimum atomic E-state index is -0.124. The molecule has 0 N–H and O–H groups in total. The first kappa shape index (κ1) is 13.4. The Morgan fingerprint density at radius 1 is 1.39 bits per heavy atom. The zero-order chi connectivity index (χ0) is 12.8. The molecule has 0 radical (unpaired) electrons. The van der Waals surface area contributed by atoms with Crippen molar-refractivity contribution in [3.8, 4) is 0 Å². The van der Waals surface area contributed by atoms with Gasteiger partial charge in [-0.3, -0.25) is 9.69 Å². The first-order chi connectivity index (χ1) is 8.81. The summed E-state index contributed by atoms with van der Waals surface area (Å²) in [5.74, 6) is 0.434. The maximum atomic E-state index is 12.0. The van der Waals surface area contributed by atoms with Crippen LogP contribution in [0.5, 0.6) is 0 Å². The number of carbonyl (C=O) groups is 1. The first-order valence-electron chi connectivity index (χ1n) is 6.32. The summed E-state index contributed by atoms with van der Waals surface area (Å²) in [4.78, 5) is 14.1. The topological polar surface area (TPSA) is 29.5 Å². The highest BCUT2D eigenvalue weighted by molar-refractivity contribution is 6.18. The van der Waals surface area contributed by atoms with Crippen LogP contribution in [0.4, 0.5) is 0 Å². The summed E-state index contributed by atoms with van der Waals surface area (Å²) in [5, 5.41) is 0. The lowest BCUT2D eigenvalue weighted by Crippen LogP contribution is -2.38. The fourth-order valence-electron chi connectivity index (χ4n) is 2.29. The second kappa shape index (κ2) is 6.76. The Morgan fingerprint density at radius 2 is 2.17 bits per heavy atom. The molecule has 98 valence electrons. The molecule has 0 saturated carbocycles. The van der Waals surface area contributed by atoms with Crippen LogP contribution in [0.1, 0.15) is 18.4 Å². The van der Waals surface area contributed by atoms with E-state index < -0.39 is 0 Å². The van der Waals surface area contributed by atoms with Crippen LogP contribution in [0.2, 0.25) is 0 Å². The molecule has 0 bridgehead atoms. The summed E-state index contributed by atoms with van der Waals surface area (Å²) in [6.45, 7) is 2.05. The smallest absolute Gasteiger partial charge is 0.323 e. The van der Waals surface area contributed by atoms with Crippen molar-refractivity contribution in [2.45, 2.75) is 25.5 Å². The van der Waals surface area contributed by atoms with E-state index in [2.05, 4.69) is 4.90 Å². The highest BCUT2D eigenvalue weighted by atomic mass is 35.5. The molecule has 18 heavy (non-hydrogen) atoms. The monoisotopic (exact) mass is 267 g/mol. The molecule has 0 spiro atoms. The summed E-state index contributed by atoms with van der Waals surface area (Å²) < 4.78 is 5.36. The van der Waals surface area contributed by atoms with E-state index in [0.717, 1.165) is 31.5 Å². The molecular weight excluding hydrogens is 250 g/mol. The van der Waals surface area contributed by atoms with Crippen molar-refractivity contribution < 1.29 is 9.53 Å². The Kier molecular flexibility index (Phi) is 5.02. The molecule has 0 amide bonds. The molecule has 1 aliphatic rings. The van der Waals surface area contributed by atoms with Gasteiger partial charge in [0, 0.05) is 12.4 Å². The van der Waals surface area contributed by atoms with E-state index in [9.17, 15) is 4.79 Å². The molecule has 0 aromatic heterocycles. The molecule has 0 unspecified atom stereocenters. The van der Waals surface area contributed by atoms with E-state index in [1.54, 1.807) is 0 Å². The Bertz CT molecular complexity index is 383. The minimum absolute atomic E-state index is 0.104. The molecule has 1 atom stereocenters. The number of esters is 1. The van der Waals surface area contributed by atoms with E-state index in [0.29, 0.717) is 12.5 Å². The van der Waals surface area contributed by atoms with Gasteiger partial charge in [0.15, 0.2) is 0 Å². The van der Waals surface area contributed by atoms with Crippen LogP contribution in [0.15, 0.2) is 30.3 Å². The zero-order valence-electron chi connectivity index (χ0n) is 10.3. The van der Waals surface area contributed by atoms with Crippen molar-refractivity contribution >= 4 is 17.6 Å². The van der Waals surface area contributed by atoms with Crippen molar-refractivity contribution in [3.05, 3.63) is 35.9 Å². The summed E-state index contributed by atoms with van der Waals surface area (Å²) in [7, 11) is 0. The Labute approximate surface area is 113 Å². The summed E-state index contributed by atoms with van der Waals surface area (Å²) in [5.41, 5.74) is 1.02. The van der Waals surface area contributed by atoms with Crippen molar-refractivity contribution in [2.75, 3.05) is 19.0 Å². The van der Waals surface area contributed by atoms with E-state index >= 15 is 0 Å². The number of benzene rings is 1. The number of ether oxygens (including phenoxy) is 1. The third kappa shape index (κ3) is 3.47. The van der Waals surface area contributed by atoms with Gasteiger partial charge >= 0.3 is 5.97 Å². The number of hydrogen-bond donors (Lipinski definition) is 0. The SMILES string of the molecule is O=C(OCc1ccccc1)[C@@H]1CCCN1CCCl. The average Bonchev–Trinajstić information content (AvgIpc) is 2.86. The molecule has 1 aromatic rings. The summed E-state index contributed by atoms with van der Waals surface area (Å²) in [6.07, 6.45) is 1.92. The molecule has 0 aliphatic carbocycles. The fourth-order valence-corrected chi connectivity index (χ4v) is 2.51. The van der Waals surface area contributed by atoms with Gasteiger partial charge in [-0.05, 0) is 24.9 Å². The van der Waals surface area contributed by atoms with Crippen LogP contribution in [0.25, 0.3) is 0 Å². The number of likely N-dealkylation sites (tertiary alicyclic amines) is 1. The van der Waals surface area contributed by atoms with Crippen molar-refractivity contribution in [3.63, 3.8) is 0 Å². The van der Waals surface area contributed by atoms with Gasteiger partial charge < -0.3 is 4.74 Å². The summed E-state index contributed by atoms with van der Waals surface area (Å²) in [6, 6.07) is 9.64. The van der Waals surface area contributed by atoms with Gasteiger partial charge in [-0.1, -0.05) is 30.3 Å². The van der Waals surface area contributed by atoms with E-state index in [1.165, 1.54) is 0 Å². The number of carbonyl (C=O) groups excluding carboxylic acids is 1. The lowest BCUT2D eigenvalue weighted by atomic mass is 10.2. The van der Waals surface area contributed by atoms with Crippen LogP contribution >= 0.6 is 11.6 Å². The van der Waals surface area contributed by atoms with Gasteiger partial charge in [-0.2, -0.15) is 0 Å². The van der Waals surface area contributed by atoms with Crippen LogP contribution < -0.4 is 0 Å². The van der Waals surface area contributed by atoms with Crippen LogP contribution in [0.3, 0.4) is 0 Å². The number of alkyl halides is 1. The second-order valence-corrected chi connectivity index (χ2v) is 4.85. The summed E-state index contributed by atoms with van der Waals surface area (Å²) >= 11 is 5.73. The first-order valence-corrected chi connectivity index (χ1v) is 6.85. The second-order valence-electron chi connectivity index (χ2n) is 4.48. The average molecular weight is 268 g/mol. The predicted molar refractivity (Wildman–Crippen MR) is 71.6 cm³/mol. The maximum absolute atomic E-state index is 12.0. The van der Waals surface area contributed by atoms with Crippen LogP contribution in [-0.4, -0.2) is 35.9 Å². The van der Waals surface area contributed by atoms with Gasteiger partial charge in [0.25, 0.3) is 0 Å². The van der Waals surface area contributed by atoms with Crippen molar-refractivity contribution in [1.29, 1.82) is 0 Å². The molecule has 1 saturated heterocycles. The van der Waals surface area contributed by atoms with E-state index in [-0.39, 0.29) is 12.0 Å². The molecular formula is C14H18ClNO2.